The Labute approximate surface area is 129 Å². The third-order valence-corrected chi connectivity index (χ3v) is 3.13. The number of nitriles is 1. The van der Waals surface area contributed by atoms with E-state index in [1.807, 2.05) is 0 Å². The molecule has 0 spiro atoms. The van der Waals surface area contributed by atoms with Gasteiger partial charge in [0.25, 0.3) is 5.91 Å². The zero-order chi connectivity index (χ0) is 15.9. The zero-order valence-corrected chi connectivity index (χ0v) is 12.2. The van der Waals surface area contributed by atoms with E-state index in [-0.39, 0.29) is 19.1 Å². The Kier molecular flexibility index (Phi) is 5.12. The van der Waals surface area contributed by atoms with Crippen LogP contribution in [0.5, 0.6) is 11.5 Å². The molecular formula is C17H16N2O3. The van der Waals surface area contributed by atoms with Gasteiger partial charge in [0.2, 0.25) is 0 Å². The highest BCUT2D eigenvalue weighted by molar-refractivity contribution is 5.96. The molecule has 2 aromatic carbocycles. The molecule has 0 saturated heterocycles. The molecule has 112 valence electrons. The minimum atomic E-state index is -0.251. The van der Waals surface area contributed by atoms with Gasteiger partial charge in [-0.15, -0.1) is 0 Å². The zero-order valence-electron chi connectivity index (χ0n) is 12.2. The van der Waals surface area contributed by atoms with Gasteiger partial charge in [-0.05, 0) is 24.3 Å². The smallest absolute Gasteiger partial charge is 0.257 e. The molecule has 5 nitrogen and oxygen atoms in total. The first kappa shape index (κ1) is 15.5. The van der Waals surface area contributed by atoms with Crippen molar-refractivity contribution >= 4 is 5.91 Å². The van der Waals surface area contributed by atoms with Crippen LogP contribution in [0.3, 0.4) is 0 Å². The Bertz CT molecular complexity index is 707. The fourth-order valence-electron chi connectivity index (χ4n) is 1.96. The Hall–Kier alpha value is -2.84. The van der Waals surface area contributed by atoms with Gasteiger partial charge in [-0.3, -0.25) is 4.79 Å². The van der Waals surface area contributed by atoms with Gasteiger partial charge in [-0.25, -0.2) is 0 Å². The Balaban J connectivity index is 2.33. The summed E-state index contributed by atoms with van der Waals surface area (Å²) in [6.07, 6.45) is 0. The van der Waals surface area contributed by atoms with Crippen molar-refractivity contribution in [2.45, 2.75) is 0 Å². The number of carbonyl (C=O) groups is 1. The highest BCUT2D eigenvalue weighted by atomic mass is 16.5. The number of benzene rings is 2. The van der Waals surface area contributed by atoms with Crippen molar-refractivity contribution in [1.82, 2.24) is 4.90 Å². The molecule has 0 aliphatic rings. The molecule has 0 heterocycles. The van der Waals surface area contributed by atoms with Crippen molar-refractivity contribution in [3.05, 3.63) is 59.7 Å². The number of likely N-dealkylation sites (N-methyl/N-ethyl adjacent to an activating group) is 1. The van der Waals surface area contributed by atoms with Crippen molar-refractivity contribution in [2.75, 3.05) is 20.2 Å². The molecule has 2 rings (SSSR count). The van der Waals surface area contributed by atoms with Crippen molar-refractivity contribution in [3.8, 4) is 17.6 Å². The molecule has 0 radical (unpaired) electrons. The van der Waals surface area contributed by atoms with Gasteiger partial charge in [-0.2, -0.15) is 5.26 Å². The van der Waals surface area contributed by atoms with Gasteiger partial charge in [0.1, 0.15) is 17.6 Å². The number of ether oxygens (including phenoxy) is 1. The predicted octanol–water partition coefficient (Wildman–Crippen LogP) is 2.41. The van der Waals surface area contributed by atoms with Crippen LogP contribution in [0.25, 0.3) is 0 Å². The minimum Gasteiger partial charge on any atom is -0.455 e. The number of rotatable bonds is 5. The predicted molar refractivity (Wildman–Crippen MR) is 81.7 cm³/mol. The number of aliphatic hydroxyl groups is 1. The number of para-hydroxylation sites is 2. The summed E-state index contributed by atoms with van der Waals surface area (Å²) in [6.45, 7) is 0.129. The van der Waals surface area contributed by atoms with Crippen LogP contribution in [0, 0.1) is 11.3 Å². The summed E-state index contributed by atoms with van der Waals surface area (Å²) in [5, 5.41) is 18.0. The summed E-state index contributed by atoms with van der Waals surface area (Å²) in [7, 11) is 1.61. The number of amides is 1. The summed E-state index contributed by atoms with van der Waals surface area (Å²) in [5.74, 6) is 0.522. The van der Waals surface area contributed by atoms with Gasteiger partial charge < -0.3 is 14.7 Å². The summed E-state index contributed by atoms with van der Waals surface area (Å²) < 4.78 is 5.75. The first-order valence-corrected chi connectivity index (χ1v) is 6.79. The maximum absolute atomic E-state index is 12.4. The lowest BCUT2D eigenvalue weighted by molar-refractivity contribution is 0.0764. The third-order valence-electron chi connectivity index (χ3n) is 3.13. The lowest BCUT2D eigenvalue weighted by Crippen LogP contribution is -2.29. The standard InChI is InChI=1S/C17H16N2O3/c1-19(10-11-20)17(21)14-7-3-5-9-16(14)22-15-8-4-2-6-13(15)12-18/h2-9,20H,10-11H2,1H3. The van der Waals surface area contributed by atoms with Gasteiger partial charge in [0.05, 0.1) is 17.7 Å². The Morgan fingerprint density at radius 1 is 1.18 bits per heavy atom. The SMILES string of the molecule is CN(CCO)C(=O)c1ccccc1Oc1ccccc1C#N. The molecule has 1 amide bonds. The first-order valence-electron chi connectivity index (χ1n) is 6.79. The second kappa shape index (κ2) is 7.25. The molecule has 0 saturated carbocycles. The number of hydrogen-bond donors (Lipinski definition) is 1. The summed E-state index contributed by atoms with van der Waals surface area (Å²) >= 11 is 0. The second-order valence-corrected chi connectivity index (χ2v) is 4.66. The van der Waals surface area contributed by atoms with Crippen molar-refractivity contribution in [1.29, 1.82) is 5.26 Å². The largest absolute Gasteiger partial charge is 0.455 e. The van der Waals surface area contributed by atoms with Crippen molar-refractivity contribution in [3.63, 3.8) is 0 Å². The summed E-state index contributed by atoms with van der Waals surface area (Å²) in [5.41, 5.74) is 0.777. The molecule has 2 aromatic rings. The quantitative estimate of drug-likeness (QED) is 0.919. The van der Waals surface area contributed by atoms with E-state index in [0.29, 0.717) is 22.6 Å². The second-order valence-electron chi connectivity index (χ2n) is 4.66. The fourth-order valence-corrected chi connectivity index (χ4v) is 1.96. The van der Waals surface area contributed by atoms with Crippen LogP contribution in [-0.4, -0.2) is 36.1 Å². The number of aliphatic hydroxyl groups excluding tert-OH is 1. The average Bonchev–Trinajstić information content (AvgIpc) is 2.55. The molecule has 0 aromatic heterocycles. The lowest BCUT2D eigenvalue weighted by Gasteiger charge is -2.18. The van der Waals surface area contributed by atoms with Crippen molar-refractivity contribution in [2.24, 2.45) is 0 Å². The van der Waals surface area contributed by atoms with Crippen LogP contribution in [0.15, 0.2) is 48.5 Å². The number of nitrogens with zero attached hydrogens (tertiary/aromatic N) is 2. The summed E-state index contributed by atoms with van der Waals surface area (Å²) in [4.78, 5) is 13.8. The van der Waals surface area contributed by atoms with E-state index in [0.717, 1.165) is 0 Å². The molecule has 0 unspecified atom stereocenters. The molecule has 1 N–H and O–H groups in total. The lowest BCUT2D eigenvalue weighted by atomic mass is 10.1. The van der Waals surface area contributed by atoms with Gasteiger partial charge in [0.15, 0.2) is 0 Å². The van der Waals surface area contributed by atoms with E-state index < -0.39 is 0 Å². The number of hydrogen-bond acceptors (Lipinski definition) is 4. The van der Waals surface area contributed by atoms with Crippen LogP contribution in [0.1, 0.15) is 15.9 Å². The maximum Gasteiger partial charge on any atom is 0.257 e. The highest BCUT2D eigenvalue weighted by Gasteiger charge is 2.17. The van der Waals surface area contributed by atoms with Gasteiger partial charge in [0, 0.05) is 13.6 Å². The van der Waals surface area contributed by atoms with E-state index >= 15 is 0 Å². The van der Waals surface area contributed by atoms with Gasteiger partial charge in [-0.1, -0.05) is 24.3 Å². The van der Waals surface area contributed by atoms with Crippen molar-refractivity contribution < 1.29 is 14.6 Å². The topological polar surface area (TPSA) is 73.6 Å². The van der Waals surface area contributed by atoms with Gasteiger partial charge >= 0.3 is 0 Å². The highest BCUT2D eigenvalue weighted by Crippen LogP contribution is 2.28. The average molecular weight is 296 g/mol. The monoisotopic (exact) mass is 296 g/mol. The van der Waals surface area contributed by atoms with E-state index in [1.54, 1.807) is 55.6 Å². The molecule has 0 fully saturated rings. The minimum absolute atomic E-state index is 0.109. The maximum atomic E-state index is 12.4. The van der Waals surface area contributed by atoms with Crippen LogP contribution in [0.2, 0.25) is 0 Å². The molecule has 0 bridgehead atoms. The Morgan fingerprint density at radius 2 is 1.82 bits per heavy atom. The van der Waals surface area contributed by atoms with E-state index in [2.05, 4.69) is 6.07 Å². The summed E-state index contributed by atoms with van der Waals surface area (Å²) in [6, 6.07) is 15.7. The molecule has 0 atom stereocenters. The normalized spacial score (nSPS) is 9.86. The molecule has 0 aliphatic heterocycles. The van der Waals surface area contributed by atoms with E-state index in [4.69, 9.17) is 15.1 Å². The van der Waals surface area contributed by atoms with Crippen LogP contribution < -0.4 is 4.74 Å². The molecule has 0 aliphatic carbocycles. The molecule has 5 heteroatoms. The first-order chi connectivity index (χ1) is 10.7. The molecule has 22 heavy (non-hydrogen) atoms. The third kappa shape index (κ3) is 3.43. The fraction of sp³-hybridized carbons (Fsp3) is 0.176. The van der Waals surface area contributed by atoms with E-state index in [1.165, 1.54) is 4.90 Å². The van der Waals surface area contributed by atoms with Crippen LogP contribution in [0.4, 0.5) is 0 Å². The molecular weight excluding hydrogens is 280 g/mol. The Morgan fingerprint density at radius 3 is 2.50 bits per heavy atom. The van der Waals surface area contributed by atoms with E-state index in [9.17, 15) is 4.79 Å². The van der Waals surface area contributed by atoms with Crippen LogP contribution >= 0.6 is 0 Å². The van der Waals surface area contributed by atoms with Crippen LogP contribution in [-0.2, 0) is 0 Å². The number of carbonyl (C=O) groups excluding carboxylic acids is 1.